The molecule has 0 aliphatic carbocycles. The maximum absolute atomic E-state index is 12.3. The van der Waals surface area contributed by atoms with Gasteiger partial charge in [-0.05, 0) is 74.4 Å². The molecule has 1 aromatic carbocycles. The number of aromatic nitrogens is 9. The molecule has 6 N–H and O–H groups in total. The highest BCUT2D eigenvalue weighted by Gasteiger charge is 2.38. The van der Waals surface area contributed by atoms with Gasteiger partial charge in [-0.1, -0.05) is 40.9 Å². The van der Waals surface area contributed by atoms with E-state index in [1.807, 2.05) is 31.2 Å². The number of Topliss-reactive ketones (excluding diaryl/α,β-unsaturated/α-hetero) is 1. The number of alkyl halides is 3. The summed E-state index contributed by atoms with van der Waals surface area (Å²) in [6.07, 6.45) is 0.767. The molecular formula is C34H32BCl2F3N12O6S. The van der Waals surface area contributed by atoms with Crippen molar-refractivity contribution in [3.05, 3.63) is 125 Å². The summed E-state index contributed by atoms with van der Waals surface area (Å²) in [6.45, 7) is 2.79. The Kier molecular flexibility index (Phi) is 15.4. The predicted octanol–water partition coefficient (Wildman–Crippen LogP) is 3.14. The lowest BCUT2D eigenvalue weighted by Crippen LogP contribution is -2.31. The van der Waals surface area contributed by atoms with Gasteiger partial charge in [0.15, 0.2) is 16.8 Å². The van der Waals surface area contributed by atoms with Crippen molar-refractivity contribution in [2.75, 3.05) is 5.73 Å². The molecular weight excluding hydrogens is 843 g/mol. The standard InChI is InChI=1S/C13H13ClN4O3S.C11H9N5.C9H5ClF3N3O.CH5BO2/c1-9-2-4-10(5-3-9)22(20,21)17-13-7-6-11(14)16-18(13)8-12(15)19;12-10-7-16-11(14-10)2-1-9(15-16)8-3-5-13-6-4-8;10-7-1-2-8-14-5(4-16(8)15-7)3-6(17)9(11,12)13;1-2(3)4/h2-7H,8H2,1H3,(H2,15,19);1-7H,12H2;1-2,4H,3H2;3-4H,1H3. The van der Waals surface area contributed by atoms with Gasteiger partial charge in [0.05, 0.1) is 35.1 Å². The lowest BCUT2D eigenvalue weighted by molar-refractivity contribution is -0.170. The molecule has 6 aromatic heterocycles. The maximum Gasteiger partial charge on any atom is 0.450 e. The van der Waals surface area contributed by atoms with Crippen LogP contribution in [-0.4, -0.2) is 87.4 Å². The molecule has 0 aliphatic rings. The van der Waals surface area contributed by atoms with Gasteiger partial charge in [0.1, 0.15) is 22.7 Å². The fourth-order valence-corrected chi connectivity index (χ4v) is 5.78. The zero-order chi connectivity index (χ0) is 43.5. The topological polar surface area (TPSA) is 264 Å². The number of nitrogens with two attached hydrogens (primary N) is 2. The number of hydrogen-bond acceptors (Lipinski definition) is 13. The summed E-state index contributed by atoms with van der Waals surface area (Å²) < 4.78 is 68.3. The van der Waals surface area contributed by atoms with Crippen molar-refractivity contribution in [2.24, 2.45) is 10.1 Å². The van der Waals surface area contributed by atoms with E-state index in [1.165, 1.54) is 53.9 Å². The number of hydrogen-bond donors (Lipinski definition) is 4. The number of benzene rings is 1. The van der Waals surface area contributed by atoms with E-state index in [2.05, 4.69) is 34.6 Å². The van der Waals surface area contributed by atoms with Crippen LogP contribution in [0, 0.1) is 6.92 Å². The Bertz CT molecular complexity index is 2730. The number of primary amides is 1. The molecule has 0 aliphatic heterocycles. The van der Waals surface area contributed by atoms with Gasteiger partial charge in [-0.25, -0.2) is 23.7 Å². The van der Waals surface area contributed by atoms with Crippen LogP contribution in [0.15, 0.2) is 107 Å². The SMILES string of the molecule is CB(O)O.Cc1ccc(S(=O)(=O)N=c2ccc(Cl)nn2CC(N)=O)cc1.Nc1cn2nc(-c3ccncc3)ccc2n1.O=C(Cc1cn2nc(Cl)ccc2n1)C(F)(F)F. The van der Waals surface area contributed by atoms with Gasteiger partial charge in [0.2, 0.25) is 11.7 Å². The number of amides is 1. The summed E-state index contributed by atoms with van der Waals surface area (Å²) in [5, 5.41) is 27.5. The summed E-state index contributed by atoms with van der Waals surface area (Å²) in [5.41, 5.74) is 14.6. The van der Waals surface area contributed by atoms with Crippen molar-refractivity contribution in [1.82, 2.24) is 44.0 Å². The first kappa shape index (κ1) is 45.4. The molecule has 0 atom stereocenters. The Morgan fingerprint density at radius 3 is 2.05 bits per heavy atom. The van der Waals surface area contributed by atoms with E-state index in [-0.39, 0.29) is 32.9 Å². The molecule has 59 heavy (non-hydrogen) atoms. The second kappa shape index (κ2) is 19.9. The number of aryl methyl sites for hydroxylation is 1. The Morgan fingerprint density at radius 1 is 0.847 bits per heavy atom. The average Bonchev–Trinajstić information content (AvgIpc) is 3.73. The maximum atomic E-state index is 12.3. The number of carbonyl (C=O) groups is 2. The summed E-state index contributed by atoms with van der Waals surface area (Å²) in [4.78, 5) is 33.7. The molecule has 0 saturated heterocycles. The van der Waals surface area contributed by atoms with Crippen LogP contribution in [0.4, 0.5) is 19.0 Å². The lowest BCUT2D eigenvalue weighted by atomic mass is 9.99. The van der Waals surface area contributed by atoms with Gasteiger partial charge < -0.3 is 21.5 Å². The number of carbonyl (C=O) groups excluding carboxylic acids is 2. The second-order valence-electron chi connectivity index (χ2n) is 11.9. The van der Waals surface area contributed by atoms with E-state index >= 15 is 0 Å². The van der Waals surface area contributed by atoms with Crippen molar-refractivity contribution < 1.29 is 41.2 Å². The quantitative estimate of drug-likeness (QED) is 0.168. The van der Waals surface area contributed by atoms with E-state index in [4.69, 9.17) is 44.7 Å². The van der Waals surface area contributed by atoms with E-state index < -0.39 is 41.4 Å². The number of ketones is 1. The molecule has 6 heterocycles. The molecule has 0 unspecified atom stereocenters. The number of halogens is 5. The highest BCUT2D eigenvalue weighted by Crippen LogP contribution is 2.19. The van der Waals surface area contributed by atoms with Crippen molar-refractivity contribution in [1.29, 1.82) is 0 Å². The number of sulfonamides is 1. The van der Waals surface area contributed by atoms with Crippen LogP contribution in [0.1, 0.15) is 11.3 Å². The van der Waals surface area contributed by atoms with Crippen LogP contribution in [0.3, 0.4) is 0 Å². The predicted molar refractivity (Wildman–Crippen MR) is 210 cm³/mol. The van der Waals surface area contributed by atoms with Crippen molar-refractivity contribution in [3.63, 3.8) is 0 Å². The van der Waals surface area contributed by atoms with Crippen molar-refractivity contribution in [3.8, 4) is 11.3 Å². The summed E-state index contributed by atoms with van der Waals surface area (Å²) in [7, 11) is -5.10. The fraction of sp³-hybridized carbons (Fsp3) is 0.147. The molecule has 0 spiro atoms. The smallest absolute Gasteiger partial charge is 0.427 e. The molecule has 0 saturated carbocycles. The first-order valence-corrected chi connectivity index (χ1v) is 18.8. The molecule has 308 valence electrons. The normalized spacial score (nSPS) is 11.4. The number of imidazole rings is 2. The second-order valence-corrected chi connectivity index (χ2v) is 14.2. The van der Waals surface area contributed by atoms with Crippen molar-refractivity contribution in [2.45, 2.75) is 37.8 Å². The molecule has 0 radical (unpaired) electrons. The zero-order valence-electron chi connectivity index (χ0n) is 30.7. The number of anilines is 1. The monoisotopic (exact) mass is 874 g/mol. The lowest BCUT2D eigenvalue weighted by Gasteiger charge is -2.04. The number of fused-ring (bicyclic) bond motifs is 2. The largest absolute Gasteiger partial charge is 0.450 e. The van der Waals surface area contributed by atoms with E-state index in [1.54, 1.807) is 35.2 Å². The Hall–Kier alpha value is -6.27. The minimum absolute atomic E-state index is 0.00194. The summed E-state index contributed by atoms with van der Waals surface area (Å²) in [5.74, 6) is -2.06. The van der Waals surface area contributed by atoms with Gasteiger partial charge in [-0.15, -0.1) is 4.40 Å². The van der Waals surface area contributed by atoms with Crippen LogP contribution in [0.2, 0.25) is 17.1 Å². The molecule has 7 rings (SSSR count). The molecule has 0 bridgehead atoms. The van der Waals surface area contributed by atoms with Crippen LogP contribution in [-0.2, 0) is 32.6 Å². The number of pyridine rings is 1. The number of nitrogens with zero attached hydrogens (tertiary/aromatic N) is 10. The third-order valence-corrected chi connectivity index (χ3v) is 8.70. The average molecular weight is 875 g/mol. The molecule has 1 amide bonds. The summed E-state index contributed by atoms with van der Waals surface area (Å²) >= 11 is 11.3. The van der Waals surface area contributed by atoms with Gasteiger partial charge in [-0.2, -0.15) is 36.9 Å². The fourth-order valence-electron chi connectivity index (χ4n) is 4.49. The highest BCUT2D eigenvalue weighted by molar-refractivity contribution is 7.90. The number of nitrogen functional groups attached to an aromatic ring is 1. The minimum Gasteiger partial charge on any atom is -0.427 e. The summed E-state index contributed by atoms with van der Waals surface area (Å²) in [6, 6.07) is 19.5. The molecule has 25 heteroatoms. The molecule has 0 fully saturated rings. The van der Waals surface area contributed by atoms with E-state index in [0.717, 1.165) is 27.1 Å². The third kappa shape index (κ3) is 14.0. The third-order valence-electron chi connectivity index (χ3n) is 7.00. The van der Waals surface area contributed by atoms with Crippen LogP contribution >= 0.6 is 23.2 Å². The molecule has 7 aromatic rings. The Balaban J connectivity index is 0.000000189. The highest BCUT2D eigenvalue weighted by atomic mass is 35.5. The van der Waals surface area contributed by atoms with E-state index in [0.29, 0.717) is 11.5 Å². The Labute approximate surface area is 342 Å². The van der Waals surface area contributed by atoms with Crippen LogP contribution in [0.25, 0.3) is 22.6 Å². The molecule has 18 nitrogen and oxygen atoms in total. The first-order valence-electron chi connectivity index (χ1n) is 16.6. The number of rotatable bonds is 7. The van der Waals surface area contributed by atoms with Gasteiger partial charge in [-0.3, -0.25) is 14.6 Å². The Morgan fingerprint density at radius 2 is 1.42 bits per heavy atom. The zero-order valence-corrected chi connectivity index (χ0v) is 33.0. The van der Waals surface area contributed by atoms with Crippen LogP contribution in [0.5, 0.6) is 0 Å². The minimum atomic E-state index is -4.85. The van der Waals surface area contributed by atoms with Crippen LogP contribution < -0.4 is 17.0 Å². The first-order chi connectivity index (χ1) is 27.7. The van der Waals surface area contributed by atoms with E-state index in [9.17, 15) is 31.2 Å². The van der Waals surface area contributed by atoms with Gasteiger partial charge in [0.25, 0.3) is 10.0 Å². The van der Waals surface area contributed by atoms with Crippen molar-refractivity contribution >= 4 is 69.1 Å². The van der Waals surface area contributed by atoms with Gasteiger partial charge in [0, 0.05) is 18.0 Å². The van der Waals surface area contributed by atoms with Gasteiger partial charge >= 0.3 is 13.3 Å².